The topological polar surface area (TPSA) is 37.3 Å². The number of hydrogen-bond donors (Lipinski definition) is 1. The van der Waals surface area contributed by atoms with Crippen molar-refractivity contribution < 1.29 is 0 Å². The summed E-state index contributed by atoms with van der Waals surface area (Å²) < 4.78 is 0.982. The Bertz CT molecular complexity index is 674. The van der Waals surface area contributed by atoms with Gasteiger partial charge in [0.1, 0.15) is 5.15 Å². The van der Waals surface area contributed by atoms with Crippen molar-refractivity contribution in [2.24, 2.45) is 5.10 Å². The summed E-state index contributed by atoms with van der Waals surface area (Å²) in [6.45, 7) is 1.88. The molecule has 0 atom stereocenters. The van der Waals surface area contributed by atoms with E-state index < -0.39 is 0 Å². The molecule has 0 aliphatic heterocycles. The summed E-state index contributed by atoms with van der Waals surface area (Å²) in [5.74, 6) is 0.357. The Balaban J connectivity index is 2.23. The number of rotatable bonds is 3. The quantitative estimate of drug-likeness (QED) is 0.416. The Kier molecular flexibility index (Phi) is 5.27. The Hall–Kier alpha value is -0.810. The zero-order valence-corrected chi connectivity index (χ0v) is 14.1. The van der Waals surface area contributed by atoms with Crippen LogP contribution in [0.4, 0.5) is 5.82 Å². The van der Waals surface area contributed by atoms with Gasteiger partial charge in [0.25, 0.3) is 0 Å². The van der Waals surface area contributed by atoms with Crippen molar-refractivity contribution in [3.63, 3.8) is 0 Å². The van der Waals surface area contributed by atoms with Crippen molar-refractivity contribution in [3.8, 4) is 0 Å². The fourth-order valence-corrected chi connectivity index (χ4v) is 2.38. The lowest BCUT2D eigenvalue weighted by Crippen LogP contribution is -2.01. The molecule has 20 heavy (non-hydrogen) atoms. The zero-order chi connectivity index (χ0) is 14.7. The van der Waals surface area contributed by atoms with Crippen molar-refractivity contribution in [1.82, 2.24) is 4.98 Å². The van der Waals surface area contributed by atoms with Crippen molar-refractivity contribution >= 4 is 62.3 Å². The lowest BCUT2D eigenvalue weighted by molar-refractivity contribution is 1.22. The molecule has 1 N–H and O–H groups in total. The number of aromatic nitrogens is 1. The summed E-state index contributed by atoms with van der Waals surface area (Å²) in [6, 6.07) is 9.31. The van der Waals surface area contributed by atoms with Gasteiger partial charge in [-0.25, -0.2) is 4.98 Å². The lowest BCUT2D eigenvalue weighted by Gasteiger charge is -2.06. The highest BCUT2D eigenvalue weighted by molar-refractivity contribution is 9.10. The minimum atomic E-state index is 0.175. The van der Waals surface area contributed by atoms with Gasteiger partial charge >= 0.3 is 0 Å². The summed E-state index contributed by atoms with van der Waals surface area (Å²) in [7, 11) is 0. The van der Waals surface area contributed by atoms with Gasteiger partial charge in [-0.15, -0.1) is 0 Å². The average molecular weight is 393 g/mol. The smallest absolute Gasteiger partial charge is 0.166 e. The maximum absolute atomic E-state index is 6.01. The van der Waals surface area contributed by atoms with Crippen LogP contribution in [0.5, 0.6) is 0 Å². The van der Waals surface area contributed by atoms with Gasteiger partial charge in [-0.1, -0.05) is 62.9 Å². The largest absolute Gasteiger partial charge is 0.260 e. The van der Waals surface area contributed by atoms with E-state index in [4.69, 9.17) is 34.8 Å². The van der Waals surface area contributed by atoms with E-state index in [0.29, 0.717) is 15.9 Å². The minimum absolute atomic E-state index is 0.175. The predicted octanol–water partition coefficient (Wildman–Crippen LogP) is 5.64. The number of hydrazone groups is 1. The van der Waals surface area contributed by atoms with Gasteiger partial charge in [0, 0.05) is 4.47 Å². The van der Waals surface area contributed by atoms with E-state index in [1.54, 1.807) is 0 Å². The molecule has 0 aliphatic carbocycles. The lowest BCUT2D eigenvalue weighted by atomic mass is 10.1. The van der Waals surface area contributed by atoms with Crippen LogP contribution in [0.3, 0.4) is 0 Å². The van der Waals surface area contributed by atoms with E-state index in [-0.39, 0.29) is 5.15 Å². The Labute approximate surface area is 140 Å². The summed E-state index contributed by atoms with van der Waals surface area (Å²) in [5, 5.41) is 5.06. The van der Waals surface area contributed by atoms with Crippen LogP contribution in [-0.2, 0) is 0 Å². The molecule has 0 unspecified atom stereocenters. The van der Waals surface area contributed by atoms with E-state index in [2.05, 4.69) is 31.4 Å². The highest BCUT2D eigenvalue weighted by Gasteiger charge is 2.07. The summed E-state index contributed by atoms with van der Waals surface area (Å²) >= 11 is 21.1. The number of nitrogens with one attached hydrogen (secondary N) is 1. The first kappa shape index (κ1) is 15.6. The summed E-state index contributed by atoms with van der Waals surface area (Å²) in [6.07, 6.45) is 0. The average Bonchev–Trinajstić information content (AvgIpc) is 2.41. The van der Waals surface area contributed by atoms with Crippen LogP contribution in [0.15, 0.2) is 39.9 Å². The normalized spacial score (nSPS) is 11.6. The van der Waals surface area contributed by atoms with Crippen LogP contribution >= 0.6 is 50.7 Å². The van der Waals surface area contributed by atoms with E-state index in [0.717, 1.165) is 15.7 Å². The van der Waals surface area contributed by atoms with Gasteiger partial charge < -0.3 is 0 Å². The first-order valence-corrected chi connectivity index (χ1v) is 7.48. The third-order valence-corrected chi connectivity index (χ3v) is 3.91. The Morgan fingerprint density at radius 2 is 1.95 bits per heavy atom. The van der Waals surface area contributed by atoms with E-state index in [9.17, 15) is 0 Å². The van der Waals surface area contributed by atoms with Crippen LogP contribution in [0.2, 0.25) is 15.2 Å². The van der Waals surface area contributed by atoms with Crippen LogP contribution in [0.1, 0.15) is 12.5 Å². The second kappa shape index (κ2) is 6.76. The minimum Gasteiger partial charge on any atom is -0.260 e. The second-order valence-corrected chi connectivity index (χ2v) is 6.00. The van der Waals surface area contributed by atoms with Gasteiger partial charge in [0.15, 0.2) is 5.82 Å². The van der Waals surface area contributed by atoms with Crippen LogP contribution in [-0.4, -0.2) is 10.7 Å². The Morgan fingerprint density at radius 3 is 2.65 bits per heavy atom. The van der Waals surface area contributed by atoms with Crippen LogP contribution < -0.4 is 5.43 Å². The molecule has 0 radical (unpaired) electrons. The highest BCUT2D eigenvalue weighted by atomic mass is 79.9. The number of halogens is 4. The molecule has 104 valence electrons. The van der Waals surface area contributed by atoms with E-state index >= 15 is 0 Å². The van der Waals surface area contributed by atoms with Gasteiger partial charge in [0.05, 0.1) is 15.8 Å². The fraction of sp³-hybridized carbons (Fsp3) is 0.0769. The van der Waals surface area contributed by atoms with Crippen molar-refractivity contribution in [1.29, 1.82) is 0 Å². The van der Waals surface area contributed by atoms with Gasteiger partial charge in [0.2, 0.25) is 0 Å². The van der Waals surface area contributed by atoms with E-state index in [1.165, 1.54) is 6.07 Å². The number of anilines is 1. The second-order valence-electron chi connectivity index (χ2n) is 3.91. The fourth-order valence-electron chi connectivity index (χ4n) is 1.44. The molecular formula is C13H9BrCl3N3. The molecule has 2 rings (SSSR count). The molecule has 1 aromatic heterocycles. The maximum Gasteiger partial charge on any atom is 0.166 e. The molecule has 1 heterocycles. The SMILES string of the molecule is C/C(=N/Nc1nc(Cl)c(Cl)cc1Cl)c1cccc(Br)c1. The predicted molar refractivity (Wildman–Crippen MR) is 89.2 cm³/mol. The van der Waals surface area contributed by atoms with Crippen LogP contribution in [0, 0.1) is 0 Å². The molecule has 0 spiro atoms. The van der Waals surface area contributed by atoms with Crippen LogP contribution in [0.25, 0.3) is 0 Å². The molecular weight excluding hydrogens is 384 g/mol. The number of nitrogens with zero attached hydrogens (tertiary/aromatic N) is 2. The monoisotopic (exact) mass is 391 g/mol. The van der Waals surface area contributed by atoms with Crippen molar-refractivity contribution in [3.05, 3.63) is 55.6 Å². The highest BCUT2D eigenvalue weighted by Crippen LogP contribution is 2.28. The first-order valence-electron chi connectivity index (χ1n) is 5.55. The molecule has 2 aromatic rings. The molecule has 0 saturated heterocycles. The molecule has 7 heteroatoms. The van der Waals surface area contributed by atoms with Gasteiger partial charge in [-0.2, -0.15) is 5.10 Å². The van der Waals surface area contributed by atoms with Crippen molar-refractivity contribution in [2.45, 2.75) is 6.92 Å². The van der Waals surface area contributed by atoms with Crippen molar-refractivity contribution in [2.75, 3.05) is 5.43 Å². The number of benzene rings is 1. The first-order chi connectivity index (χ1) is 9.47. The maximum atomic E-state index is 6.01. The number of hydrogen-bond acceptors (Lipinski definition) is 3. The molecule has 0 amide bonds. The zero-order valence-electron chi connectivity index (χ0n) is 10.3. The standard InChI is InChI=1S/C13H9BrCl3N3/c1-7(8-3-2-4-9(14)5-8)19-20-13-11(16)6-10(15)12(17)18-13/h2-6H,1H3,(H,18,20)/b19-7-. The molecule has 0 aliphatic rings. The number of pyridine rings is 1. The summed E-state index contributed by atoms with van der Waals surface area (Å²) in [5.41, 5.74) is 4.55. The van der Waals surface area contributed by atoms with Gasteiger partial charge in [-0.3, -0.25) is 5.43 Å². The molecule has 0 bridgehead atoms. The molecule has 0 saturated carbocycles. The summed E-state index contributed by atoms with van der Waals surface area (Å²) in [4.78, 5) is 4.03. The van der Waals surface area contributed by atoms with E-state index in [1.807, 2.05) is 31.2 Å². The molecule has 1 aromatic carbocycles. The third kappa shape index (κ3) is 3.85. The molecule has 3 nitrogen and oxygen atoms in total. The third-order valence-electron chi connectivity index (χ3n) is 2.46. The Morgan fingerprint density at radius 1 is 1.20 bits per heavy atom. The van der Waals surface area contributed by atoms with Gasteiger partial charge in [-0.05, 0) is 30.7 Å². The molecule has 0 fully saturated rings.